The summed E-state index contributed by atoms with van der Waals surface area (Å²) in [6.07, 6.45) is 1.60. The molecule has 1 heterocycles. The molecule has 2 aromatic carbocycles. The molecule has 0 aliphatic carbocycles. The number of aromatic hydroxyl groups is 1. The summed E-state index contributed by atoms with van der Waals surface area (Å²) in [4.78, 5) is 6.97. The number of nitrogens with one attached hydrogen (secondary N) is 2. The highest BCUT2D eigenvalue weighted by Gasteiger charge is 2.25. The minimum Gasteiger partial charge on any atom is -0.504 e. The highest BCUT2D eigenvalue weighted by Crippen LogP contribution is 2.33. The Hall–Kier alpha value is -2.80. The Morgan fingerprint density at radius 3 is 2.77 bits per heavy atom. The first-order valence-electron chi connectivity index (χ1n) is 10.5. The van der Waals surface area contributed by atoms with Gasteiger partial charge in [-0.05, 0) is 49.6 Å². The van der Waals surface area contributed by atoms with E-state index >= 15 is 0 Å². The monoisotopic (exact) mass is 446 g/mol. The molecule has 1 unspecified atom stereocenters. The number of methoxy groups -OCH3 is 2. The largest absolute Gasteiger partial charge is 0.504 e. The van der Waals surface area contributed by atoms with Crippen LogP contribution in [0.25, 0.3) is 0 Å². The van der Waals surface area contributed by atoms with Gasteiger partial charge in [0.25, 0.3) is 0 Å². The van der Waals surface area contributed by atoms with E-state index in [1.807, 2.05) is 37.3 Å². The molecule has 1 aliphatic heterocycles. The molecule has 1 saturated heterocycles. The molecule has 2 aromatic rings. The van der Waals surface area contributed by atoms with Gasteiger partial charge in [0.15, 0.2) is 17.5 Å². The molecule has 0 spiro atoms. The molecule has 3 N–H and O–H groups in total. The van der Waals surface area contributed by atoms with Crippen LogP contribution in [0.1, 0.15) is 18.9 Å². The summed E-state index contributed by atoms with van der Waals surface area (Å²) in [5.74, 6) is 2.26. The zero-order valence-corrected chi connectivity index (χ0v) is 19.1. The summed E-state index contributed by atoms with van der Waals surface area (Å²) in [5, 5.41) is 17.8. The van der Waals surface area contributed by atoms with E-state index in [0.717, 1.165) is 49.0 Å². The molecule has 8 heteroatoms. The summed E-state index contributed by atoms with van der Waals surface area (Å²) < 4.78 is 10.7. The van der Waals surface area contributed by atoms with Gasteiger partial charge in [-0.25, -0.2) is 0 Å². The van der Waals surface area contributed by atoms with Crippen molar-refractivity contribution in [1.82, 2.24) is 10.6 Å². The second-order valence-electron chi connectivity index (χ2n) is 7.37. The normalized spacial score (nSPS) is 16.3. The van der Waals surface area contributed by atoms with Crippen LogP contribution in [-0.2, 0) is 6.42 Å². The van der Waals surface area contributed by atoms with Gasteiger partial charge in [0.1, 0.15) is 5.75 Å². The lowest BCUT2D eigenvalue weighted by Crippen LogP contribution is -2.44. The van der Waals surface area contributed by atoms with Crippen LogP contribution in [0.15, 0.2) is 41.4 Å². The molecular weight excluding hydrogens is 416 g/mol. The zero-order valence-electron chi connectivity index (χ0n) is 18.3. The average Bonchev–Trinajstić information content (AvgIpc) is 3.23. The fourth-order valence-corrected chi connectivity index (χ4v) is 3.91. The third-order valence-electron chi connectivity index (χ3n) is 5.31. The number of para-hydroxylation sites is 1. The van der Waals surface area contributed by atoms with E-state index < -0.39 is 0 Å². The van der Waals surface area contributed by atoms with E-state index in [1.54, 1.807) is 20.3 Å². The molecule has 0 amide bonds. The van der Waals surface area contributed by atoms with Crippen LogP contribution in [0.4, 0.5) is 5.69 Å². The molecule has 0 aromatic heterocycles. The van der Waals surface area contributed by atoms with Gasteiger partial charge in [-0.15, -0.1) is 0 Å². The number of benzene rings is 2. The Morgan fingerprint density at radius 2 is 2.03 bits per heavy atom. The van der Waals surface area contributed by atoms with Crippen LogP contribution in [-0.4, -0.2) is 57.5 Å². The molecule has 3 rings (SSSR count). The average molecular weight is 447 g/mol. The minimum atomic E-state index is 0.181. The van der Waals surface area contributed by atoms with Crippen molar-refractivity contribution in [3.05, 3.63) is 47.0 Å². The number of guanidine groups is 1. The SMILES string of the molecule is CCNC(=NCCc1cccc(OC)c1O)NC1CCN(c2cc(Cl)ccc2OC)C1. The fourth-order valence-electron chi connectivity index (χ4n) is 3.74. The molecule has 31 heavy (non-hydrogen) atoms. The highest BCUT2D eigenvalue weighted by atomic mass is 35.5. The van der Waals surface area contributed by atoms with Gasteiger partial charge in [-0.1, -0.05) is 23.7 Å². The number of hydrogen-bond donors (Lipinski definition) is 3. The summed E-state index contributed by atoms with van der Waals surface area (Å²) in [5.41, 5.74) is 1.83. The number of phenolic OH excluding ortho intramolecular Hbond substituents is 1. The van der Waals surface area contributed by atoms with Crippen molar-refractivity contribution in [3.63, 3.8) is 0 Å². The second kappa shape index (κ2) is 11.0. The Labute approximate surface area is 189 Å². The van der Waals surface area contributed by atoms with Crippen molar-refractivity contribution >= 4 is 23.2 Å². The number of phenols is 1. The maximum Gasteiger partial charge on any atom is 0.191 e. The van der Waals surface area contributed by atoms with E-state index in [4.69, 9.17) is 26.1 Å². The van der Waals surface area contributed by atoms with Crippen molar-refractivity contribution in [3.8, 4) is 17.2 Å². The molecule has 1 atom stereocenters. The number of nitrogens with zero attached hydrogens (tertiary/aromatic N) is 2. The maximum atomic E-state index is 10.3. The van der Waals surface area contributed by atoms with Crippen molar-refractivity contribution in [2.75, 3.05) is 45.3 Å². The van der Waals surface area contributed by atoms with Gasteiger partial charge in [-0.2, -0.15) is 0 Å². The maximum absolute atomic E-state index is 10.3. The first-order valence-corrected chi connectivity index (χ1v) is 10.9. The van der Waals surface area contributed by atoms with E-state index in [-0.39, 0.29) is 11.8 Å². The number of halogens is 1. The second-order valence-corrected chi connectivity index (χ2v) is 7.81. The summed E-state index contributed by atoms with van der Waals surface area (Å²) in [7, 11) is 3.22. The minimum absolute atomic E-state index is 0.181. The van der Waals surface area contributed by atoms with Gasteiger partial charge >= 0.3 is 0 Å². The lowest BCUT2D eigenvalue weighted by molar-refractivity contribution is 0.370. The molecule has 168 valence electrons. The molecule has 1 fully saturated rings. The number of rotatable bonds is 8. The number of hydrogen-bond acceptors (Lipinski definition) is 5. The zero-order chi connectivity index (χ0) is 22.2. The van der Waals surface area contributed by atoms with Gasteiger partial charge in [0, 0.05) is 37.2 Å². The Morgan fingerprint density at radius 1 is 1.23 bits per heavy atom. The summed E-state index contributed by atoms with van der Waals surface area (Å²) >= 11 is 6.20. The predicted molar refractivity (Wildman–Crippen MR) is 126 cm³/mol. The van der Waals surface area contributed by atoms with E-state index in [0.29, 0.717) is 23.7 Å². The van der Waals surface area contributed by atoms with Crippen molar-refractivity contribution in [2.24, 2.45) is 4.99 Å². The van der Waals surface area contributed by atoms with Crippen LogP contribution in [0, 0.1) is 0 Å². The van der Waals surface area contributed by atoms with E-state index in [2.05, 4.69) is 15.5 Å². The third-order valence-corrected chi connectivity index (χ3v) is 5.54. The van der Waals surface area contributed by atoms with Gasteiger partial charge in [0.2, 0.25) is 0 Å². The van der Waals surface area contributed by atoms with Crippen molar-refractivity contribution < 1.29 is 14.6 Å². The van der Waals surface area contributed by atoms with Crippen LogP contribution >= 0.6 is 11.6 Å². The van der Waals surface area contributed by atoms with E-state index in [1.165, 1.54) is 0 Å². The van der Waals surface area contributed by atoms with Crippen LogP contribution in [0.5, 0.6) is 17.2 Å². The summed E-state index contributed by atoms with van der Waals surface area (Å²) in [6, 6.07) is 11.5. The van der Waals surface area contributed by atoms with Gasteiger partial charge in [-0.3, -0.25) is 4.99 Å². The number of anilines is 1. The highest BCUT2D eigenvalue weighted by molar-refractivity contribution is 6.30. The number of aliphatic imine (C=N–C) groups is 1. The first-order chi connectivity index (χ1) is 15.0. The standard InChI is InChI=1S/C23H31ClN4O3/c1-4-25-23(26-12-10-16-6-5-7-21(31-3)22(16)29)27-18-11-13-28(15-18)19-14-17(24)8-9-20(19)30-2/h5-9,14,18,29H,4,10-13,15H2,1-3H3,(H2,25,26,27). The molecule has 7 nitrogen and oxygen atoms in total. The van der Waals surface area contributed by atoms with Crippen molar-refractivity contribution in [1.29, 1.82) is 0 Å². The smallest absolute Gasteiger partial charge is 0.191 e. The first kappa shape index (κ1) is 22.9. The quantitative estimate of drug-likeness (QED) is 0.426. The van der Waals surface area contributed by atoms with Crippen molar-refractivity contribution in [2.45, 2.75) is 25.8 Å². The number of ether oxygens (including phenoxy) is 2. The Kier molecular flexibility index (Phi) is 8.12. The van der Waals surface area contributed by atoms with Gasteiger partial charge in [0.05, 0.1) is 19.9 Å². The molecule has 0 radical (unpaired) electrons. The lowest BCUT2D eigenvalue weighted by Gasteiger charge is -2.22. The Balaban J connectivity index is 1.61. The Bertz CT molecular complexity index is 906. The molecule has 0 bridgehead atoms. The molecular formula is C23H31ClN4O3. The van der Waals surface area contributed by atoms with Crippen LogP contribution in [0.2, 0.25) is 5.02 Å². The van der Waals surface area contributed by atoms with E-state index in [9.17, 15) is 5.11 Å². The lowest BCUT2D eigenvalue weighted by atomic mass is 10.1. The molecule has 0 saturated carbocycles. The third kappa shape index (κ3) is 5.88. The predicted octanol–water partition coefficient (Wildman–Crippen LogP) is 3.44. The van der Waals surface area contributed by atoms with Gasteiger partial charge < -0.3 is 30.1 Å². The molecule has 1 aliphatic rings. The fraction of sp³-hybridized carbons (Fsp3) is 0.435. The van der Waals surface area contributed by atoms with Crippen LogP contribution in [0.3, 0.4) is 0 Å². The topological polar surface area (TPSA) is 78.4 Å². The summed E-state index contributed by atoms with van der Waals surface area (Å²) in [6.45, 7) is 5.11. The van der Waals surface area contributed by atoms with Crippen LogP contribution < -0.4 is 25.0 Å².